The van der Waals surface area contributed by atoms with E-state index in [1.807, 2.05) is 0 Å². The maximum absolute atomic E-state index is 4.99. The number of aromatic nitrogens is 4. The molecular formula is C8H6N4O. The minimum atomic E-state index is 0.528. The molecule has 0 N–H and O–H groups in total. The van der Waals surface area contributed by atoms with Crippen molar-refractivity contribution >= 4 is 12.2 Å². The van der Waals surface area contributed by atoms with E-state index in [0.717, 1.165) is 0 Å². The van der Waals surface area contributed by atoms with Crippen molar-refractivity contribution in [2.24, 2.45) is 0 Å². The molecular weight excluding hydrogens is 168 g/mol. The summed E-state index contributed by atoms with van der Waals surface area (Å²) in [7, 11) is 0. The molecule has 0 atom stereocenters. The molecule has 0 radical (unpaired) electrons. The molecule has 0 aliphatic carbocycles. The van der Waals surface area contributed by atoms with Crippen molar-refractivity contribution in [3.63, 3.8) is 0 Å². The van der Waals surface area contributed by atoms with Gasteiger partial charge in [-0.05, 0) is 6.08 Å². The Balaban J connectivity index is 2.15. The van der Waals surface area contributed by atoms with E-state index in [-0.39, 0.29) is 0 Å². The lowest BCUT2D eigenvalue weighted by Crippen LogP contribution is -1.85. The summed E-state index contributed by atoms with van der Waals surface area (Å²) >= 11 is 0. The largest absolute Gasteiger partial charge is 0.445 e. The van der Waals surface area contributed by atoms with Crippen molar-refractivity contribution in [3.05, 3.63) is 36.8 Å². The maximum atomic E-state index is 4.99. The molecule has 0 unspecified atom stereocenters. The Morgan fingerprint density at radius 3 is 2.62 bits per heavy atom. The first-order chi connectivity index (χ1) is 6.45. The fraction of sp³-hybridized carbons (Fsp3) is 0. The highest BCUT2D eigenvalue weighted by Gasteiger charge is 1.90. The predicted molar refractivity (Wildman–Crippen MR) is 45.3 cm³/mol. The summed E-state index contributed by atoms with van der Waals surface area (Å²) < 4.78 is 4.99. The summed E-state index contributed by atoms with van der Waals surface area (Å²) in [6.45, 7) is 0. The standard InChI is InChI=1S/C8H6N4O/c1(2-8-10-3-4-13-8)7-11-5-9-6-12-7/h1-6H. The number of nitrogens with zero attached hydrogens (tertiary/aromatic N) is 4. The van der Waals surface area contributed by atoms with Crippen LogP contribution in [0.25, 0.3) is 12.2 Å². The zero-order valence-corrected chi connectivity index (χ0v) is 6.66. The van der Waals surface area contributed by atoms with E-state index in [1.165, 1.54) is 18.9 Å². The summed E-state index contributed by atoms with van der Waals surface area (Å²) in [5.74, 6) is 1.11. The molecule has 0 fully saturated rings. The normalized spacial score (nSPS) is 10.8. The van der Waals surface area contributed by atoms with Gasteiger partial charge in [0.1, 0.15) is 18.9 Å². The average Bonchev–Trinajstić information content (AvgIpc) is 2.69. The Bertz CT molecular complexity index is 382. The quantitative estimate of drug-likeness (QED) is 0.680. The van der Waals surface area contributed by atoms with Gasteiger partial charge < -0.3 is 4.42 Å². The van der Waals surface area contributed by atoms with Gasteiger partial charge in [0.05, 0.1) is 6.20 Å². The van der Waals surface area contributed by atoms with Crippen LogP contribution in [0.5, 0.6) is 0 Å². The van der Waals surface area contributed by atoms with Crippen molar-refractivity contribution in [3.8, 4) is 0 Å². The molecule has 0 bridgehead atoms. The van der Waals surface area contributed by atoms with Gasteiger partial charge in [-0.2, -0.15) is 0 Å². The van der Waals surface area contributed by atoms with Crippen LogP contribution in [0.2, 0.25) is 0 Å². The first-order valence-electron chi connectivity index (χ1n) is 3.65. The van der Waals surface area contributed by atoms with Crippen molar-refractivity contribution in [1.29, 1.82) is 0 Å². The number of hydrogen-bond donors (Lipinski definition) is 0. The third kappa shape index (κ3) is 1.96. The molecule has 0 aliphatic heterocycles. The van der Waals surface area contributed by atoms with Crippen LogP contribution < -0.4 is 0 Å². The SMILES string of the molecule is C(=Cc1ncco1)c1ncncn1. The van der Waals surface area contributed by atoms with Crippen LogP contribution in [-0.2, 0) is 0 Å². The number of rotatable bonds is 2. The van der Waals surface area contributed by atoms with Gasteiger partial charge in [0, 0.05) is 6.08 Å². The van der Waals surface area contributed by atoms with Gasteiger partial charge in [-0.3, -0.25) is 0 Å². The molecule has 2 aromatic rings. The molecule has 0 spiro atoms. The van der Waals surface area contributed by atoms with Crippen molar-refractivity contribution in [2.45, 2.75) is 0 Å². The van der Waals surface area contributed by atoms with E-state index < -0.39 is 0 Å². The Morgan fingerprint density at radius 1 is 1.08 bits per heavy atom. The lowest BCUT2D eigenvalue weighted by molar-refractivity contribution is 0.547. The summed E-state index contributed by atoms with van der Waals surface area (Å²) in [5.41, 5.74) is 0. The molecule has 2 rings (SSSR count). The van der Waals surface area contributed by atoms with Gasteiger partial charge in [-0.15, -0.1) is 0 Å². The third-order valence-corrected chi connectivity index (χ3v) is 1.34. The monoisotopic (exact) mass is 174 g/mol. The van der Waals surface area contributed by atoms with Crippen LogP contribution in [-0.4, -0.2) is 19.9 Å². The highest BCUT2D eigenvalue weighted by Crippen LogP contribution is 2.00. The van der Waals surface area contributed by atoms with Gasteiger partial charge >= 0.3 is 0 Å². The van der Waals surface area contributed by atoms with E-state index in [1.54, 1.807) is 18.3 Å². The molecule has 2 aromatic heterocycles. The minimum Gasteiger partial charge on any atom is -0.445 e. The van der Waals surface area contributed by atoms with Crippen molar-refractivity contribution < 1.29 is 4.42 Å². The summed E-state index contributed by atoms with van der Waals surface area (Å²) in [6.07, 6.45) is 9.34. The second-order valence-corrected chi connectivity index (χ2v) is 2.20. The molecule has 0 saturated heterocycles. The van der Waals surface area contributed by atoms with Gasteiger partial charge in [0.15, 0.2) is 5.82 Å². The molecule has 5 nitrogen and oxygen atoms in total. The summed E-state index contributed by atoms with van der Waals surface area (Å²) in [4.78, 5) is 15.4. The minimum absolute atomic E-state index is 0.528. The van der Waals surface area contributed by atoms with Crippen LogP contribution in [0, 0.1) is 0 Å². The molecule has 0 amide bonds. The molecule has 2 heterocycles. The van der Waals surface area contributed by atoms with Crippen LogP contribution in [0.15, 0.2) is 29.5 Å². The third-order valence-electron chi connectivity index (χ3n) is 1.34. The highest BCUT2D eigenvalue weighted by molar-refractivity contribution is 5.61. The Labute approximate surface area is 74.2 Å². The lowest BCUT2D eigenvalue weighted by atomic mass is 10.4. The van der Waals surface area contributed by atoms with Crippen LogP contribution in [0.4, 0.5) is 0 Å². The first kappa shape index (κ1) is 7.60. The molecule has 5 heteroatoms. The topological polar surface area (TPSA) is 64.7 Å². The fourth-order valence-corrected chi connectivity index (χ4v) is 0.797. The number of hydrogen-bond acceptors (Lipinski definition) is 5. The van der Waals surface area contributed by atoms with Gasteiger partial charge in [0.25, 0.3) is 0 Å². The highest BCUT2D eigenvalue weighted by atomic mass is 16.3. The predicted octanol–water partition coefficient (Wildman–Crippen LogP) is 1.03. The van der Waals surface area contributed by atoms with Crippen LogP contribution in [0.3, 0.4) is 0 Å². The van der Waals surface area contributed by atoms with Crippen molar-refractivity contribution in [1.82, 2.24) is 19.9 Å². The zero-order valence-electron chi connectivity index (χ0n) is 6.66. The first-order valence-corrected chi connectivity index (χ1v) is 3.65. The summed E-state index contributed by atoms with van der Waals surface area (Å²) in [5, 5.41) is 0. The van der Waals surface area contributed by atoms with Crippen molar-refractivity contribution in [2.75, 3.05) is 0 Å². The summed E-state index contributed by atoms with van der Waals surface area (Å²) in [6, 6.07) is 0. The van der Waals surface area contributed by atoms with E-state index in [4.69, 9.17) is 4.42 Å². The smallest absolute Gasteiger partial charge is 0.218 e. The maximum Gasteiger partial charge on any atom is 0.218 e. The molecule has 64 valence electrons. The van der Waals surface area contributed by atoms with E-state index in [2.05, 4.69) is 19.9 Å². The molecule has 0 saturated carbocycles. The Hall–Kier alpha value is -2.04. The van der Waals surface area contributed by atoms with Crippen LogP contribution in [0.1, 0.15) is 11.7 Å². The lowest BCUT2D eigenvalue weighted by Gasteiger charge is -1.86. The molecule has 0 aromatic carbocycles. The van der Waals surface area contributed by atoms with E-state index >= 15 is 0 Å². The molecule has 0 aliphatic rings. The van der Waals surface area contributed by atoms with Gasteiger partial charge in [0.2, 0.25) is 5.89 Å². The van der Waals surface area contributed by atoms with Gasteiger partial charge in [-0.1, -0.05) is 0 Å². The second-order valence-electron chi connectivity index (χ2n) is 2.20. The Morgan fingerprint density at radius 2 is 1.92 bits per heavy atom. The van der Waals surface area contributed by atoms with E-state index in [9.17, 15) is 0 Å². The molecule has 13 heavy (non-hydrogen) atoms. The fourth-order valence-electron chi connectivity index (χ4n) is 0.797. The van der Waals surface area contributed by atoms with Crippen LogP contribution >= 0.6 is 0 Å². The second kappa shape index (κ2) is 3.57. The Kier molecular flexibility index (Phi) is 2.09. The van der Waals surface area contributed by atoms with E-state index in [0.29, 0.717) is 11.7 Å². The van der Waals surface area contributed by atoms with Gasteiger partial charge in [-0.25, -0.2) is 19.9 Å². The average molecular weight is 174 g/mol. The number of oxazole rings is 1. The zero-order chi connectivity index (χ0) is 8.93.